The van der Waals surface area contributed by atoms with Crippen molar-refractivity contribution in [3.63, 3.8) is 0 Å². The average molecular weight is 265 g/mol. The lowest BCUT2D eigenvalue weighted by Gasteiger charge is -2.22. The molecule has 0 fully saturated rings. The molecule has 0 saturated heterocycles. The quantitative estimate of drug-likeness (QED) is 0.603. The fraction of sp³-hybridized carbons (Fsp3) is 0.533. The summed E-state index contributed by atoms with van der Waals surface area (Å²) in [5.74, 6) is 0.947. The molecule has 0 unspecified atom stereocenters. The number of thiocarbonyl (C=S) groups is 1. The van der Waals surface area contributed by atoms with E-state index in [1.807, 2.05) is 12.1 Å². The highest BCUT2D eigenvalue weighted by Gasteiger charge is 2.20. The summed E-state index contributed by atoms with van der Waals surface area (Å²) in [6, 6.07) is 8.24. The van der Waals surface area contributed by atoms with Gasteiger partial charge in [0.2, 0.25) is 0 Å². The van der Waals surface area contributed by atoms with Crippen LogP contribution in [-0.2, 0) is 6.42 Å². The maximum absolute atomic E-state index is 5.74. The van der Waals surface area contributed by atoms with Gasteiger partial charge in [-0.3, -0.25) is 0 Å². The molecular weight excluding hydrogens is 242 g/mol. The van der Waals surface area contributed by atoms with Crippen LogP contribution >= 0.6 is 12.2 Å². The monoisotopic (exact) mass is 265 g/mol. The molecule has 0 atom stereocenters. The molecule has 0 heterocycles. The molecule has 0 radical (unpaired) electrons. The largest absolute Gasteiger partial charge is 0.494 e. The normalized spacial score (nSPS) is 11.3. The van der Waals surface area contributed by atoms with Crippen LogP contribution in [0.3, 0.4) is 0 Å². The van der Waals surface area contributed by atoms with Crippen molar-refractivity contribution in [2.24, 2.45) is 11.1 Å². The highest BCUT2D eigenvalue weighted by atomic mass is 32.1. The Bertz CT molecular complexity index is 401. The Morgan fingerprint density at radius 2 is 2.11 bits per heavy atom. The van der Waals surface area contributed by atoms with Crippen molar-refractivity contribution < 1.29 is 4.74 Å². The molecule has 1 aromatic rings. The third kappa shape index (κ3) is 4.65. The van der Waals surface area contributed by atoms with Crippen LogP contribution in [0.5, 0.6) is 5.75 Å². The summed E-state index contributed by atoms with van der Waals surface area (Å²) in [4.78, 5) is 0.579. The lowest BCUT2D eigenvalue weighted by Crippen LogP contribution is -2.30. The second-order valence-electron chi connectivity index (χ2n) is 5.20. The molecule has 0 aliphatic heterocycles. The van der Waals surface area contributed by atoms with E-state index < -0.39 is 0 Å². The number of rotatable bonds is 7. The van der Waals surface area contributed by atoms with Gasteiger partial charge in [0.05, 0.1) is 11.6 Å². The number of hydrogen-bond donors (Lipinski definition) is 1. The van der Waals surface area contributed by atoms with Crippen LogP contribution < -0.4 is 10.5 Å². The first-order valence-electron chi connectivity index (χ1n) is 6.47. The van der Waals surface area contributed by atoms with Crippen molar-refractivity contribution >= 4 is 17.2 Å². The van der Waals surface area contributed by atoms with E-state index in [0.29, 0.717) is 11.6 Å². The van der Waals surface area contributed by atoms with E-state index in [2.05, 4.69) is 32.9 Å². The molecule has 100 valence electrons. The SMILES string of the molecule is CCc1cccc(OCCCC(C)(C)C(N)=S)c1. The predicted octanol–water partition coefficient (Wildman–Crippen LogP) is 3.72. The molecule has 0 aliphatic rings. The standard InChI is InChI=1S/C15H23NOS/c1-4-12-7-5-8-13(11-12)17-10-6-9-15(2,3)14(16)18/h5,7-8,11H,4,6,9-10H2,1-3H3,(H2,16,18). The van der Waals surface area contributed by atoms with Crippen LogP contribution in [0.1, 0.15) is 39.2 Å². The van der Waals surface area contributed by atoms with Crippen LogP contribution in [0.25, 0.3) is 0 Å². The summed E-state index contributed by atoms with van der Waals surface area (Å²) < 4.78 is 5.74. The van der Waals surface area contributed by atoms with Gasteiger partial charge in [-0.05, 0) is 37.0 Å². The summed E-state index contributed by atoms with van der Waals surface area (Å²) in [6.07, 6.45) is 2.95. The Morgan fingerprint density at radius 3 is 2.72 bits per heavy atom. The molecule has 0 bridgehead atoms. The average Bonchev–Trinajstić information content (AvgIpc) is 2.35. The molecule has 0 spiro atoms. The minimum Gasteiger partial charge on any atom is -0.494 e. The predicted molar refractivity (Wildman–Crippen MR) is 81.1 cm³/mol. The van der Waals surface area contributed by atoms with Gasteiger partial charge in [-0.1, -0.05) is 45.1 Å². The zero-order chi connectivity index (χ0) is 13.6. The first-order chi connectivity index (χ1) is 8.45. The molecule has 2 nitrogen and oxygen atoms in total. The highest BCUT2D eigenvalue weighted by Crippen LogP contribution is 2.23. The molecule has 3 heteroatoms. The maximum Gasteiger partial charge on any atom is 0.119 e. The maximum atomic E-state index is 5.74. The van der Waals surface area contributed by atoms with Crippen molar-refractivity contribution in [2.45, 2.75) is 40.0 Å². The Labute approximate surface area is 116 Å². The molecule has 2 N–H and O–H groups in total. The number of hydrogen-bond acceptors (Lipinski definition) is 2. The Balaban J connectivity index is 2.36. The van der Waals surface area contributed by atoms with E-state index in [0.717, 1.165) is 25.0 Å². The van der Waals surface area contributed by atoms with E-state index in [1.165, 1.54) is 5.56 Å². The van der Waals surface area contributed by atoms with Gasteiger partial charge in [-0.2, -0.15) is 0 Å². The summed E-state index contributed by atoms with van der Waals surface area (Å²) in [7, 11) is 0. The van der Waals surface area contributed by atoms with Gasteiger partial charge in [0, 0.05) is 5.41 Å². The third-order valence-electron chi connectivity index (χ3n) is 3.19. The van der Waals surface area contributed by atoms with Gasteiger partial charge in [-0.15, -0.1) is 0 Å². The first-order valence-corrected chi connectivity index (χ1v) is 6.88. The Hall–Kier alpha value is -1.09. The molecule has 0 aliphatic carbocycles. The lowest BCUT2D eigenvalue weighted by molar-refractivity contribution is 0.287. The Morgan fingerprint density at radius 1 is 1.39 bits per heavy atom. The van der Waals surface area contributed by atoms with Gasteiger partial charge in [-0.25, -0.2) is 0 Å². The van der Waals surface area contributed by atoms with Crippen LogP contribution in [0.15, 0.2) is 24.3 Å². The fourth-order valence-corrected chi connectivity index (χ4v) is 1.78. The summed E-state index contributed by atoms with van der Waals surface area (Å²) in [5, 5.41) is 0. The van der Waals surface area contributed by atoms with Gasteiger partial charge < -0.3 is 10.5 Å². The number of nitrogens with two attached hydrogens (primary N) is 1. The van der Waals surface area contributed by atoms with Gasteiger partial charge in [0.25, 0.3) is 0 Å². The minimum atomic E-state index is -0.0794. The van der Waals surface area contributed by atoms with Crippen LogP contribution in [-0.4, -0.2) is 11.6 Å². The first kappa shape index (κ1) is 15.0. The van der Waals surface area contributed by atoms with Crippen molar-refractivity contribution in [3.8, 4) is 5.75 Å². The number of benzene rings is 1. The van der Waals surface area contributed by atoms with Crippen LogP contribution in [0, 0.1) is 5.41 Å². The topological polar surface area (TPSA) is 35.2 Å². The zero-order valence-electron chi connectivity index (χ0n) is 11.5. The van der Waals surface area contributed by atoms with Gasteiger partial charge >= 0.3 is 0 Å². The molecule has 0 aromatic heterocycles. The smallest absolute Gasteiger partial charge is 0.119 e. The van der Waals surface area contributed by atoms with Gasteiger partial charge in [0.1, 0.15) is 5.75 Å². The van der Waals surface area contributed by atoms with Crippen molar-refractivity contribution in [1.29, 1.82) is 0 Å². The van der Waals surface area contributed by atoms with E-state index in [4.69, 9.17) is 22.7 Å². The molecule has 0 saturated carbocycles. The van der Waals surface area contributed by atoms with Gasteiger partial charge in [0.15, 0.2) is 0 Å². The zero-order valence-corrected chi connectivity index (χ0v) is 12.3. The summed E-state index contributed by atoms with van der Waals surface area (Å²) >= 11 is 5.04. The second kappa shape index (κ2) is 6.74. The van der Waals surface area contributed by atoms with Crippen molar-refractivity contribution in [3.05, 3.63) is 29.8 Å². The second-order valence-corrected chi connectivity index (χ2v) is 5.64. The van der Waals surface area contributed by atoms with E-state index in [-0.39, 0.29) is 5.41 Å². The lowest BCUT2D eigenvalue weighted by atomic mass is 9.88. The van der Waals surface area contributed by atoms with E-state index in [9.17, 15) is 0 Å². The van der Waals surface area contributed by atoms with E-state index >= 15 is 0 Å². The third-order valence-corrected chi connectivity index (χ3v) is 3.74. The summed E-state index contributed by atoms with van der Waals surface area (Å²) in [6.45, 7) is 7.00. The van der Waals surface area contributed by atoms with Crippen LogP contribution in [0.4, 0.5) is 0 Å². The number of aryl methyl sites for hydroxylation is 1. The van der Waals surface area contributed by atoms with Crippen molar-refractivity contribution in [2.75, 3.05) is 6.61 Å². The molecule has 1 aromatic carbocycles. The fourth-order valence-electron chi connectivity index (χ4n) is 1.68. The van der Waals surface area contributed by atoms with Crippen LogP contribution in [0.2, 0.25) is 0 Å². The Kier molecular flexibility index (Phi) is 5.60. The molecular formula is C15H23NOS. The summed E-state index contributed by atoms with van der Waals surface area (Å²) in [5.41, 5.74) is 6.91. The highest BCUT2D eigenvalue weighted by molar-refractivity contribution is 7.80. The molecule has 18 heavy (non-hydrogen) atoms. The van der Waals surface area contributed by atoms with Crippen molar-refractivity contribution in [1.82, 2.24) is 0 Å². The van der Waals surface area contributed by atoms with E-state index in [1.54, 1.807) is 0 Å². The number of ether oxygens (including phenoxy) is 1. The molecule has 1 rings (SSSR count). The minimum absolute atomic E-state index is 0.0794. The molecule has 0 amide bonds.